The molecule has 2 heterocycles. The Morgan fingerprint density at radius 1 is 1.38 bits per heavy atom. The SMILES string of the molecule is Cc1ccsc1C(C)Nc1ccc(Cl)nc1. The third-order valence-electron chi connectivity index (χ3n) is 2.41. The van der Waals surface area contributed by atoms with Crippen LogP contribution in [0.1, 0.15) is 23.4 Å². The zero-order valence-electron chi connectivity index (χ0n) is 9.20. The molecule has 0 fully saturated rings. The van der Waals surface area contributed by atoms with Gasteiger partial charge in [-0.1, -0.05) is 11.6 Å². The Bertz CT molecular complexity index is 464. The Labute approximate surface area is 104 Å². The van der Waals surface area contributed by atoms with Crippen LogP contribution in [-0.4, -0.2) is 4.98 Å². The number of thiophene rings is 1. The average Bonchev–Trinajstić information content (AvgIpc) is 2.68. The lowest BCUT2D eigenvalue weighted by atomic mass is 10.2. The molecule has 0 radical (unpaired) electrons. The second-order valence-corrected chi connectivity index (χ2v) is 5.04. The molecule has 16 heavy (non-hydrogen) atoms. The fourth-order valence-electron chi connectivity index (χ4n) is 1.60. The maximum Gasteiger partial charge on any atom is 0.129 e. The van der Waals surface area contributed by atoms with Crippen molar-refractivity contribution >= 4 is 28.6 Å². The van der Waals surface area contributed by atoms with E-state index >= 15 is 0 Å². The van der Waals surface area contributed by atoms with Crippen LogP contribution in [0, 0.1) is 6.92 Å². The van der Waals surface area contributed by atoms with Gasteiger partial charge in [-0.25, -0.2) is 4.98 Å². The van der Waals surface area contributed by atoms with E-state index in [1.165, 1.54) is 10.4 Å². The minimum absolute atomic E-state index is 0.294. The minimum atomic E-state index is 0.294. The van der Waals surface area contributed by atoms with Gasteiger partial charge in [-0.15, -0.1) is 11.3 Å². The molecule has 0 saturated heterocycles. The third-order valence-corrected chi connectivity index (χ3v) is 3.83. The summed E-state index contributed by atoms with van der Waals surface area (Å²) >= 11 is 7.51. The molecule has 0 aliphatic rings. The van der Waals surface area contributed by atoms with Gasteiger partial charge in [0.15, 0.2) is 0 Å². The summed E-state index contributed by atoms with van der Waals surface area (Å²) in [5.74, 6) is 0. The van der Waals surface area contributed by atoms with Gasteiger partial charge in [0, 0.05) is 4.88 Å². The highest BCUT2D eigenvalue weighted by molar-refractivity contribution is 7.10. The highest BCUT2D eigenvalue weighted by Gasteiger charge is 2.09. The van der Waals surface area contributed by atoms with Gasteiger partial charge in [-0.05, 0) is 43.0 Å². The number of rotatable bonds is 3. The van der Waals surface area contributed by atoms with Crippen molar-refractivity contribution in [1.82, 2.24) is 4.98 Å². The van der Waals surface area contributed by atoms with Crippen molar-refractivity contribution in [2.75, 3.05) is 5.32 Å². The van der Waals surface area contributed by atoms with E-state index in [1.807, 2.05) is 6.07 Å². The molecule has 1 unspecified atom stereocenters. The van der Waals surface area contributed by atoms with Crippen LogP contribution < -0.4 is 5.32 Å². The first-order chi connectivity index (χ1) is 7.66. The van der Waals surface area contributed by atoms with Gasteiger partial charge in [0.1, 0.15) is 5.15 Å². The molecule has 1 N–H and O–H groups in total. The average molecular weight is 253 g/mol. The van der Waals surface area contributed by atoms with E-state index in [2.05, 4.69) is 35.6 Å². The Morgan fingerprint density at radius 3 is 2.75 bits per heavy atom. The summed E-state index contributed by atoms with van der Waals surface area (Å²) in [7, 11) is 0. The molecule has 0 aliphatic heterocycles. The second-order valence-electron chi connectivity index (χ2n) is 3.70. The smallest absolute Gasteiger partial charge is 0.129 e. The van der Waals surface area contributed by atoms with E-state index in [0.29, 0.717) is 11.2 Å². The zero-order chi connectivity index (χ0) is 11.5. The van der Waals surface area contributed by atoms with Crippen LogP contribution in [0.3, 0.4) is 0 Å². The number of pyridine rings is 1. The molecule has 1 atom stereocenters. The molecular weight excluding hydrogens is 240 g/mol. The summed E-state index contributed by atoms with van der Waals surface area (Å²) in [6.07, 6.45) is 1.75. The maximum absolute atomic E-state index is 5.74. The summed E-state index contributed by atoms with van der Waals surface area (Å²) in [5.41, 5.74) is 2.32. The minimum Gasteiger partial charge on any atom is -0.376 e. The van der Waals surface area contributed by atoms with Gasteiger partial charge in [-0.2, -0.15) is 0 Å². The lowest BCUT2D eigenvalue weighted by Crippen LogP contribution is -2.06. The van der Waals surface area contributed by atoms with Crippen LogP contribution >= 0.6 is 22.9 Å². The number of aryl methyl sites for hydroxylation is 1. The predicted molar refractivity (Wildman–Crippen MR) is 70.3 cm³/mol. The Balaban J connectivity index is 2.10. The van der Waals surface area contributed by atoms with Crippen molar-refractivity contribution in [2.24, 2.45) is 0 Å². The van der Waals surface area contributed by atoms with Crippen molar-refractivity contribution in [3.8, 4) is 0 Å². The number of halogens is 1. The molecule has 0 aromatic carbocycles. The van der Waals surface area contributed by atoms with Crippen molar-refractivity contribution in [2.45, 2.75) is 19.9 Å². The van der Waals surface area contributed by atoms with Crippen molar-refractivity contribution in [3.05, 3.63) is 45.4 Å². The highest BCUT2D eigenvalue weighted by atomic mass is 35.5. The van der Waals surface area contributed by atoms with Crippen LogP contribution in [0.25, 0.3) is 0 Å². The second kappa shape index (κ2) is 4.85. The lowest BCUT2D eigenvalue weighted by Gasteiger charge is -2.14. The van der Waals surface area contributed by atoms with Gasteiger partial charge < -0.3 is 5.32 Å². The summed E-state index contributed by atoms with van der Waals surface area (Å²) in [6.45, 7) is 4.28. The molecule has 2 aromatic rings. The number of anilines is 1. The zero-order valence-corrected chi connectivity index (χ0v) is 10.8. The molecular formula is C12H13ClN2S. The quantitative estimate of drug-likeness (QED) is 0.825. The number of nitrogens with one attached hydrogen (secondary N) is 1. The van der Waals surface area contributed by atoms with E-state index < -0.39 is 0 Å². The summed E-state index contributed by atoms with van der Waals surface area (Å²) in [5, 5.41) is 6.03. The predicted octanol–water partition coefficient (Wildman–Crippen LogP) is 4.28. The van der Waals surface area contributed by atoms with Crippen LogP contribution in [0.5, 0.6) is 0 Å². The fourth-order valence-corrected chi connectivity index (χ4v) is 2.65. The van der Waals surface area contributed by atoms with Gasteiger partial charge in [0.25, 0.3) is 0 Å². The third kappa shape index (κ3) is 2.54. The Morgan fingerprint density at radius 2 is 2.19 bits per heavy atom. The van der Waals surface area contributed by atoms with Crippen molar-refractivity contribution in [1.29, 1.82) is 0 Å². The molecule has 0 spiro atoms. The standard InChI is InChI=1S/C12H13ClN2S/c1-8-5-6-16-12(8)9(2)15-10-3-4-11(13)14-7-10/h3-7,9,15H,1-2H3. The molecule has 84 valence electrons. The van der Waals surface area contributed by atoms with Crippen LogP contribution in [0.15, 0.2) is 29.8 Å². The molecule has 0 saturated carbocycles. The lowest BCUT2D eigenvalue weighted by molar-refractivity contribution is 0.897. The fraction of sp³-hybridized carbons (Fsp3) is 0.250. The van der Waals surface area contributed by atoms with E-state index in [9.17, 15) is 0 Å². The summed E-state index contributed by atoms with van der Waals surface area (Å²) < 4.78 is 0. The molecule has 4 heteroatoms. The monoisotopic (exact) mass is 252 g/mol. The van der Waals surface area contributed by atoms with Crippen molar-refractivity contribution in [3.63, 3.8) is 0 Å². The molecule has 2 rings (SSSR count). The first kappa shape index (κ1) is 11.4. The van der Waals surface area contributed by atoms with Crippen LogP contribution in [0.2, 0.25) is 5.15 Å². The maximum atomic E-state index is 5.74. The molecule has 0 bridgehead atoms. The normalized spacial score (nSPS) is 12.4. The summed E-state index contributed by atoms with van der Waals surface area (Å²) in [4.78, 5) is 5.40. The number of hydrogen-bond donors (Lipinski definition) is 1. The van der Waals surface area contributed by atoms with Gasteiger partial charge in [0.05, 0.1) is 17.9 Å². The van der Waals surface area contributed by atoms with E-state index in [4.69, 9.17) is 11.6 Å². The van der Waals surface area contributed by atoms with Crippen molar-refractivity contribution < 1.29 is 0 Å². The first-order valence-electron chi connectivity index (χ1n) is 5.09. The van der Waals surface area contributed by atoms with Gasteiger partial charge in [0.2, 0.25) is 0 Å². The number of aromatic nitrogens is 1. The van der Waals surface area contributed by atoms with E-state index in [-0.39, 0.29) is 0 Å². The Hall–Kier alpha value is -1.06. The molecule has 0 amide bonds. The summed E-state index contributed by atoms with van der Waals surface area (Å²) in [6, 6.07) is 6.16. The number of hydrogen-bond acceptors (Lipinski definition) is 3. The first-order valence-corrected chi connectivity index (χ1v) is 6.34. The highest BCUT2D eigenvalue weighted by Crippen LogP contribution is 2.26. The van der Waals surface area contributed by atoms with Crippen LogP contribution in [0.4, 0.5) is 5.69 Å². The molecule has 2 nitrogen and oxygen atoms in total. The van der Waals surface area contributed by atoms with Gasteiger partial charge in [-0.3, -0.25) is 0 Å². The largest absolute Gasteiger partial charge is 0.376 e. The number of nitrogens with zero attached hydrogens (tertiary/aromatic N) is 1. The van der Waals surface area contributed by atoms with Crippen LogP contribution in [-0.2, 0) is 0 Å². The molecule has 2 aromatic heterocycles. The molecule has 0 aliphatic carbocycles. The topological polar surface area (TPSA) is 24.9 Å². The van der Waals surface area contributed by atoms with Gasteiger partial charge >= 0.3 is 0 Å². The Kier molecular flexibility index (Phi) is 3.46. The van der Waals surface area contributed by atoms with E-state index in [0.717, 1.165) is 5.69 Å². The van der Waals surface area contributed by atoms with E-state index in [1.54, 1.807) is 23.6 Å².